The molecule has 0 saturated heterocycles. The molecular formula is C12H24N24. The average Bonchev–Trinajstić information content (AvgIpc) is 2.64. The molecule has 192 valence electrons. The zero-order valence-electron chi connectivity index (χ0n) is 18.3. The highest BCUT2D eigenvalue weighted by Gasteiger charge is 1.96. The summed E-state index contributed by atoms with van der Waals surface area (Å²) in [6.45, 7) is 0. The number of nitrogens with zero attached hydrogens (tertiary/aromatic N) is 12. The van der Waals surface area contributed by atoms with Crippen LogP contribution in [-0.4, -0.2) is 59.8 Å². The molecule has 0 atom stereocenters. The van der Waals surface area contributed by atoms with Crippen molar-refractivity contribution in [2.45, 2.75) is 0 Å². The number of hydrogen-bond donors (Lipinski definition) is 12. The van der Waals surface area contributed by atoms with Crippen LogP contribution < -0.4 is 68.8 Å². The largest absolute Gasteiger partial charge is 0.368 e. The number of nitrogens with two attached hydrogens (primary N) is 12. The molecule has 0 saturated carbocycles. The van der Waals surface area contributed by atoms with Gasteiger partial charge in [-0.2, -0.15) is 59.8 Å². The van der Waals surface area contributed by atoms with Gasteiger partial charge in [0, 0.05) is 0 Å². The summed E-state index contributed by atoms with van der Waals surface area (Å²) in [7, 11) is 0. The highest BCUT2D eigenvalue weighted by molar-refractivity contribution is 5.35. The number of rotatable bonds is 0. The first kappa shape index (κ1) is 27.7. The molecule has 4 heterocycles. The van der Waals surface area contributed by atoms with Crippen LogP contribution in [0, 0.1) is 0 Å². The lowest BCUT2D eigenvalue weighted by Gasteiger charge is -1.93. The Hall–Kier alpha value is -6.36. The van der Waals surface area contributed by atoms with Gasteiger partial charge in [-0.1, -0.05) is 0 Å². The average molecular weight is 504 g/mol. The summed E-state index contributed by atoms with van der Waals surface area (Å²) < 4.78 is 0. The van der Waals surface area contributed by atoms with Crippen molar-refractivity contribution in [1.29, 1.82) is 0 Å². The van der Waals surface area contributed by atoms with Gasteiger partial charge >= 0.3 is 0 Å². The highest BCUT2D eigenvalue weighted by atomic mass is 15.2. The maximum absolute atomic E-state index is 5.14. The van der Waals surface area contributed by atoms with Crippen LogP contribution in [0.4, 0.5) is 71.4 Å². The summed E-state index contributed by atoms with van der Waals surface area (Å²) in [5.74, 6) is 0.500. The van der Waals surface area contributed by atoms with Crippen molar-refractivity contribution in [3.8, 4) is 0 Å². The second-order valence-electron chi connectivity index (χ2n) is 5.64. The second-order valence-corrected chi connectivity index (χ2v) is 5.64. The molecule has 0 unspecified atom stereocenters. The van der Waals surface area contributed by atoms with Crippen LogP contribution in [0.25, 0.3) is 0 Å². The molecule has 0 aliphatic heterocycles. The van der Waals surface area contributed by atoms with Crippen molar-refractivity contribution in [3.05, 3.63) is 0 Å². The molecule has 24 heteroatoms. The molecule has 0 radical (unpaired) electrons. The number of aromatic nitrogens is 12. The van der Waals surface area contributed by atoms with Crippen LogP contribution in [0.3, 0.4) is 0 Å². The van der Waals surface area contributed by atoms with Crippen molar-refractivity contribution in [3.63, 3.8) is 0 Å². The number of nitrogen functional groups attached to an aromatic ring is 12. The van der Waals surface area contributed by atoms with Crippen molar-refractivity contribution in [2.24, 2.45) is 0 Å². The van der Waals surface area contributed by atoms with E-state index in [-0.39, 0.29) is 71.4 Å². The van der Waals surface area contributed by atoms with E-state index in [4.69, 9.17) is 68.8 Å². The minimum atomic E-state index is 0.0417. The van der Waals surface area contributed by atoms with E-state index in [1.165, 1.54) is 0 Å². The van der Waals surface area contributed by atoms with Crippen molar-refractivity contribution in [2.75, 3.05) is 68.8 Å². The van der Waals surface area contributed by atoms with E-state index < -0.39 is 0 Å². The van der Waals surface area contributed by atoms with E-state index in [0.717, 1.165) is 0 Å². The van der Waals surface area contributed by atoms with E-state index in [9.17, 15) is 0 Å². The van der Waals surface area contributed by atoms with Crippen molar-refractivity contribution >= 4 is 71.4 Å². The maximum Gasteiger partial charge on any atom is 0.226 e. The Labute approximate surface area is 200 Å². The van der Waals surface area contributed by atoms with Crippen LogP contribution in [0.2, 0.25) is 0 Å². The first-order chi connectivity index (χ1) is 16.7. The Morgan fingerprint density at radius 2 is 0.222 bits per heavy atom. The van der Waals surface area contributed by atoms with Crippen LogP contribution >= 0.6 is 0 Å². The van der Waals surface area contributed by atoms with Crippen LogP contribution in [0.5, 0.6) is 0 Å². The molecule has 0 fully saturated rings. The highest BCUT2D eigenvalue weighted by Crippen LogP contribution is 1.99. The van der Waals surface area contributed by atoms with Crippen LogP contribution in [0.15, 0.2) is 0 Å². The molecule has 4 aromatic rings. The fraction of sp³-hybridized carbons (Fsp3) is 0. The molecule has 36 heavy (non-hydrogen) atoms. The Morgan fingerprint density at radius 3 is 0.278 bits per heavy atom. The van der Waals surface area contributed by atoms with E-state index in [1.807, 2.05) is 0 Å². The number of anilines is 12. The van der Waals surface area contributed by atoms with Gasteiger partial charge in [0.15, 0.2) is 0 Å². The summed E-state index contributed by atoms with van der Waals surface area (Å²) in [4.78, 5) is 41.9. The van der Waals surface area contributed by atoms with E-state index >= 15 is 0 Å². The topological polar surface area (TPSA) is 467 Å². The molecule has 0 spiro atoms. The molecule has 0 aliphatic carbocycles. The molecule has 0 aromatic carbocycles. The molecule has 0 bridgehead atoms. The summed E-state index contributed by atoms with van der Waals surface area (Å²) in [6, 6.07) is 0. The monoisotopic (exact) mass is 504 g/mol. The second kappa shape index (κ2) is 12.6. The molecule has 0 amide bonds. The lowest BCUT2D eigenvalue weighted by Crippen LogP contribution is -2.05. The first-order valence-corrected chi connectivity index (χ1v) is 8.83. The minimum Gasteiger partial charge on any atom is -0.368 e. The Bertz CT molecular complexity index is 874. The summed E-state index contributed by atoms with van der Waals surface area (Å²) in [5, 5.41) is 0. The third-order valence-electron chi connectivity index (χ3n) is 2.75. The van der Waals surface area contributed by atoms with E-state index in [0.29, 0.717) is 0 Å². The lowest BCUT2D eigenvalue weighted by molar-refractivity contribution is 1.09. The summed E-state index contributed by atoms with van der Waals surface area (Å²) in [6.07, 6.45) is 0. The quantitative estimate of drug-likeness (QED) is 0.106. The minimum absolute atomic E-state index is 0.0417. The van der Waals surface area contributed by atoms with Gasteiger partial charge in [0.2, 0.25) is 71.4 Å². The molecular weight excluding hydrogens is 480 g/mol. The van der Waals surface area contributed by atoms with Gasteiger partial charge in [-0.15, -0.1) is 0 Å². The van der Waals surface area contributed by atoms with E-state index in [2.05, 4.69) is 59.8 Å². The molecule has 4 aromatic heterocycles. The number of hydrogen-bond acceptors (Lipinski definition) is 24. The third-order valence-corrected chi connectivity index (χ3v) is 2.75. The fourth-order valence-corrected chi connectivity index (χ4v) is 1.71. The Balaban J connectivity index is 0.000000240. The lowest BCUT2D eigenvalue weighted by atomic mass is 10.9. The Kier molecular flexibility index (Phi) is 9.70. The van der Waals surface area contributed by atoms with Gasteiger partial charge in [0.05, 0.1) is 0 Å². The zero-order chi connectivity index (χ0) is 27.4. The van der Waals surface area contributed by atoms with E-state index in [1.54, 1.807) is 0 Å². The predicted octanol–water partition coefficient (Wildman–Crippen LogP) is -5.53. The first-order valence-electron chi connectivity index (χ1n) is 8.83. The molecule has 4 rings (SSSR count). The third kappa shape index (κ3) is 11.3. The maximum atomic E-state index is 5.14. The standard InChI is InChI=1S/4C3H6N6/c4*4-1-7-2(5)9-3(6)8-1/h4*(H6,4,5,6,7,8,9). The zero-order valence-corrected chi connectivity index (χ0v) is 18.3. The van der Waals surface area contributed by atoms with Gasteiger partial charge in [-0.25, -0.2) is 0 Å². The van der Waals surface area contributed by atoms with Gasteiger partial charge in [-0.3, -0.25) is 0 Å². The summed E-state index contributed by atoms with van der Waals surface area (Å²) >= 11 is 0. The summed E-state index contributed by atoms with van der Waals surface area (Å²) in [5.41, 5.74) is 61.6. The van der Waals surface area contributed by atoms with Gasteiger partial charge in [0.1, 0.15) is 0 Å². The Morgan fingerprint density at radius 1 is 0.167 bits per heavy atom. The molecule has 24 N–H and O–H groups in total. The van der Waals surface area contributed by atoms with Crippen LogP contribution in [0.1, 0.15) is 0 Å². The normalized spacial score (nSPS) is 9.33. The van der Waals surface area contributed by atoms with Gasteiger partial charge in [-0.05, 0) is 0 Å². The SMILES string of the molecule is Nc1nc(N)nc(N)n1.Nc1nc(N)nc(N)n1.Nc1nc(N)nc(N)n1.Nc1nc(N)nc(N)n1. The fourth-order valence-electron chi connectivity index (χ4n) is 1.71. The van der Waals surface area contributed by atoms with Gasteiger partial charge < -0.3 is 68.8 Å². The molecule has 24 nitrogen and oxygen atoms in total. The predicted molar refractivity (Wildman–Crippen MR) is 132 cm³/mol. The smallest absolute Gasteiger partial charge is 0.226 e. The molecule has 0 aliphatic rings. The van der Waals surface area contributed by atoms with Crippen LogP contribution in [-0.2, 0) is 0 Å². The van der Waals surface area contributed by atoms with Crippen molar-refractivity contribution < 1.29 is 0 Å². The van der Waals surface area contributed by atoms with Gasteiger partial charge in [0.25, 0.3) is 0 Å². The van der Waals surface area contributed by atoms with Crippen molar-refractivity contribution in [1.82, 2.24) is 59.8 Å².